The number of anilines is 2. The Labute approximate surface area is 94.3 Å². The molecule has 0 aromatic heterocycles. The van der Waals surface area contributed by atoms with Gasteiger partial charge in [0.05, 0.1) is 6.61 Å². The van der Waals surface area contributed by atoms with Gasteiger partial charge in [-0.3, -0.25) is 0 Å². The van der Waals surface area contributed by atoms with E-state index < -0.39 is 0 Å². The number of hydrogen-bond donors (Lipinski definition) is 3. The molecule has 0 bridgehead atoms. The van der Waals surface area contributed by atoms with E-state index in [2.05, 4.69) is 0 Å². The van der Waals surface area contributed by atoms with Crippen LogP contribution in [0, 0.1) is 0 Å². The summed E-state index contributed by atoms with van der Waals surface area (Å²) in [6.45, 7) is -0.0631. The molecule has 16 heavy (non-hydrogen) atoms. The van der Waals surface area contributed by atoms with Gasteiger partial charge in [-0.25, -0.2) is 0 Å². The molecule has 3 nitrogen and oxygen atoms in total. The Morgan fingerprint density at radius 2 is 1.62 bits per heavy atom. The molecule has 0 saturated carbocycles. The summed E-state index contributed by atoms with van der Waals surface area (Å²) in [7, 11) is 0. The third-order valence-electron chi connectivity index (χ3n) is 2.59. The number of rotatable bonds is 2. The highest BCUT2D eigenvalue weighted by molar-refractivity contribution is 5.73. The van der Waals surface area contributed by atoms with Crippen LogP contribution in [0.4, 0.5) is 11.4 Å². The van der Waals surface area contributed by atoms with Gasteiger partial charge in [0.1, 0.15) is 0 Å². The summed E-state index contributed by atoms with van der Waals surface area (Å²) < 4.78 is 0. The van der Waals surface area contributed by atoms with Crippen LogP contribution in [0.2, 0.25) is 0 Å². The van der Waals surface area contributed by atoms with Crippen LogP contribution in [0.1, 0.15) is 5.56 Å². The fraction of sp³-hybridized carbons (Fsp3) is 0.0769. The lowest BCUT2D eigenvalue weighted by molar-refractivity contribution is 0.283. The molecule has 3 heteroatoms. The molecule has 0 unspecified atom stereocenters. The summed E-state index contributed by atoms with van der Waals surface area (Å²) in [5.74, 6) is 0. The predicted octanol–water partition coefficient (Wildman–Crippen LogP) is 2.01. The van der Waals surface area contributed by atoms with Crippen molar-refractivity contribution < 1.29 is 5.11 Å². The second-order valence-electron chi connectivity index (χ2n) is 3.65. The zero-order valence-electron chi connectivity index (χ0n) is 8.85. The maximum atomic E-state index is 9.31. The van der Waals surface area contributed by atoms with Gasteiger partial charge in [-0.05, 0) is 29.3 Å². The average molecular weight is 214 g/mol. The van der Waals surface area contributed by atoms with Gasteiger partial charge in [0.25, 0.3) is 0 Å². The largest absolute Gasteiger partial charge is 0.399 e. The summed E-state index contributed by atoms with van der Waals surface area (Å²) in [5, 5.41) is 9.31. The molecule has 82 valence electrons. The smallest absolute Gasteiger partial charge is 0.0708 e. The molecular weight excluding hydrogens is 200 g/mol. The highest BCUT2D eigenvalue weighted by Gasteiger charge is 2.06. The van der Waals surface area contributed by atoms with Crippen LogP contribution in [0.3, 0.4) is 0 Å². The lowest BCUT2D eigenvalue weighted by Crippen LogP contribution is -1.97. The first-order valence-corrected chi connectivity index (χ1v) is 5.06. The second kappa shape index (κ2) is 4.24. The SMILES string of the molecule is Nc1ccc(-c2cccc(N)c2CO)cc1. The minimum absolute atomic E-state index is 0.0631. The quantitative estimate of drug-likeness (QED) is 0.669. The molecule has 0 spiro atoms. The first-order chi connectivity index (χ1) is 7.72. The molecule has 0 aliphatic heterocycles. The molecule has 2 rings (SSSR count). The molecule has 0 aliphatic carbocycles. The van der Waals surface area contributed by atoms with Gasteiger partial charge >= 0.3 is 0 Å². The van der Waals surface area contributed by atoms with E-state index in [9.17, 15) is 5.11 Å². The van der Waals surface area contributed by atoms with E-state index in [4.69, 9.17) is 11.5 Å². The molecule has 0 atom stereocenters. The molecular formula is C13H14N2O. The van der Waals surface area contributed by atoms with Crippen molar-refractivity contribution in [2.45, 2.75) is 6.61 Å². The molecule has 0 saturated heterocycles. The molecule has 0 aliphatic rings. The highest BCUT2D eigenvalue weighted by Crippen LogP contribution is 2.28. The molecule has 0 amide bonds. The van der Waals surface area contributed by atoms with Crippen molar-refractivity contribution in [2.24, 2.45) is 0 Å². The average Bonchev–Trinajstić information content (AvgIpc) is 2.30. The first kappa shape index (κ1) is 10.5. The van der Waals surface area contributed by atoms with Crippen molar-refractivity contribution in [1.82, 2.24) is 0 Å². The van der Waals surface area contributed by atoms with E-state index in [1.54, 1.807) is 6.07 Å². The maximum absolute atomic E-state index is 9.31. The molecule has 0 radical (unpaired) electrons. The molecule has 2 aromatic rings. The number of hydrogen-bond acceptors (Lipinski definition) is 3. The van der Waals surface area contributed by atoms with Gasteiger partial charge in [-0.15, -0.1) is 0 Å². The van der Waals surface area contributed by atoms with E-state index in [-0.39, 0.29) is 6.61 Å². The minimum Gasteiger partial charge on any atom is -0.399 e. The Hall–Kier alpha value is -2.00. The second-order valence-corrected chi connectivity index (χ2v) is 3.65. The number of aliphatic hydroxyl groups excluding tert-OH is 1. The van der Waals surface area contributed by atoms with Crippen molar-refractivity contribution in [2.75, 3.05) is 11.5 Å². The van der Waals surface area contributed by atoms with Crippen LogP contribution in [-0.2, 0) is 6.61 Å². The Balaban J connectivity index is 2.55. The Bertz CT molecular complexity index is 492. The van der Waals surface area contributed by atoms with Crippen LogP contribution in [-0.4, -0.2) is 5.11 Å². The van der Waals surface area contributed by atoms with Crippen LogP contribution < -0.4 is 11.5 Å². The monoisotopic (exact) mass is 214 g/mol. The van der Waals surface area contributed by atoms with Gasteiger partial charge in [0.15, 0.2) is 0 Å². The van der Waals surface area contributed by atoms with Crippen molar-refractivity contribution in [3.8, 4) is 11.1 Å². The Kier molecular flexibility index (Phi) is 2.79. The standard InChI is InChI=1S/C13H14N2O/c14-10-6-4-9(5-7-10)11-2-1-3-13(15)12(11)8-16/h1-7,16H,8,14-15H2. The van der Waals surface area contributed by atoms with E-state index >= 15 is 0 Å². The zero-order valence-corrected chi connectivity index (χ0v) is 8.85. The van der Waals surface area contributed by atoms with Crippen LogP contribution in [0.15, 0.2) is 42.5 Å². The summed E-state index contributed by atoms with van der Waals surface area (Å²) in [6, 6.07) is 13.1. The summed E-state index contributed by atoms with van der Waals surface area (Å²) in [6.07, 6.45) is 0. The fourth-order valence-electron chi connectivity index (χ4n) is 1.71. The van der Waals surface area contributed by atoms with Crippen molar-refractivity contribution in [3.63, 3.8) is 0 Å². The molecule has 5 N–H and O–H groups in total. The normalized spacial score (nSPS) is 10.3. The van der Waals surface area contributed by atoms with Crippen LogP contribution in [0.25, 0.3) is 11.1 Å². The summed E-state index contributed by atoms with van der Waals surface area (Å²) >= 11 is 0. The number of nitrogen functional groups attached to an aromatic ring is 2. The summed E-state index contributed by atoms with van der Waals surface area (Å²) in [4.78, 5) is 0. The number of aliphatic hydroxyl groups is 1. The molecule has 0 fully saturated rings. The molecule has 0 heterocycles. The zero-order chi connectivity index (χ0) is 11.5. The Morgan fingerprint density at radius 1 is 0.938 bits per heavy atom. The predicted molar refractivity (Wildman–Crippen MR) is 66.6 cm³/mol. The van der Waals surface area contributed by atoms with Crippen molar-refractivity contribution >= 4 is 11.4 Å². The van der Waals surface area contributed by atoms with E-state index in [0.29, 0.717) is 5.69 Å². The van der Waals surface area contributed by atoms with Gasteiger partial charge in [-0.2, -0.15) is 0 Å². The summed E-state index contributed by atoms with van der Waals surface area (Å²) in [5.41, 5.74) is 15.5. The van der Waals surface area contributed by atoms with Gasteiger partial charge < -0.3 is 16.6 Å². The Morgan fingerprint density at radius 3 is 2.25 bits per heavy atom. The van der Waals surface area contributed by atoms with E-state index in [1.807, 2.05) is 36.4 Å². The van der Waals surface area contributed by atoms with Gasteiger partial charge in [0, 0.05) is 16.9 Å². The van der Waals surface area contributed by atoms with Gasteiger partial charge in [0.2, 0.25) is 0 Å². The highest BCUT2D eigenvalue weighted by atomic mass is 16.3. The molecule has 2 aromatic carbocycles. The third kappa shape index (κ3) is 1.85. The van der Waals surface area contributed by atoms with Crippen LogP contribution in [0.5, 0.6) is 0 Å². The topological polar surface area (TPSA) is 72.3 Å². The number of nitrogens with two attached hydrogens (primary N) is 2. The van der Waals surface area contributed by atoms with Crippen molar-refractivity contribution in [1.29, 1.82) is 0 Å². The van der Waals surface area contributed by atoms with Gasteiger partial charge in [-0.1, -0.05) is 24.3 Å². The number of benzene rings is 2. The van der Waals surface area contributed by atoms with E-state index in [0.717, 1.165) is 22.4 Å². The van der Waals surface area contributed by atoms with Crippen LogP contribution >= 0.6 is 0 Å². The lowest BCUT2D eigenvalue weighted by atomic mass is 9.98. The first-order valence-electron chi connectivity index (χ1n) is 5.06. The van der Waals surface area contributed by atoms with E-state index in [1.165, 1.54) is 0 Å². The fourth-order valence-corrected chi connectivity index (χ4v) is 1.71. The van der Waals surface area contributed by atoms with Crippen molar-refractivity contribution in [3.05, 3.63) is 48.0 Å². The third-order valence-corrected chi connectivity index (χ3v) is 2.59. The maximum Gasteiger partial charge on any atom is 0.0708 e. The minimum atomic E-state index is -0.0631. The lowest BCUT2D eigenvalue weighted by Gasteiger charge is -2.10.